The van der Waals surface area contributed by atoms with Crippen LogP contribution >= 0.6 is 0 Å². The topological polar surface area (TPSA) is 110 Å². The Balaban J connectivity index is 1.26. The number of pyridine rings is 1. The molecule has 2 N–H and O–H groups in total. The molecule has 10 heteroatoms. The largest absolute Gasteiger partial charge is 0.484 e. The number of nitrogens with zero attached hydrogens (tertiary/aromatic N) is 6. The summed E-state index contributed by atoms with van der Waals surface area (Å²) in [4.78, 5) is 23.7. The zero-order chi connectivity index (χ0) is 29.0. The summed E-state index contributed by atoms with van der Waals surface area (Å²) in [5.41, 5.74) is 3.68. The maximum absolute atomic E-state index is 13.0. The number of fused-ring (bicyclic) bond motifs is 2. The summed E-state index contributed by atoms with van der Waals surface area (Å²) in [6.07, 6.45) is 7.90. The summed E-state index contributed by atoms with van der Waals surface area (Å²) in [6.45, 7) is 7.29. The van der Waals surface area contributed by atoms with Crippen LogP contribution in [0.3, 0.4) is 0 Å². The highest BCUT2D eigenvalue weighted by molar-refractivity contribution is 5.88. The van der Waals surface area contributed by atoms with E-state index in [0.717, 1.165) is 72.7 Å². The number of benzene rings is 1. The number of aromatic nitrogens is 5. The van der Waals surface area contributed by atoms with Gasteiger partial charge >= 0.3 is 6.03 Å². The molecule has 0 saturated carbocycles. The van der Waals surface area contributed by atoms with Crippen LogP contribution in [-0.4, -0.2) is 56.1 Å². The molecule has 216 valence electrons. The van der Waals surface area contributed by atoms with Gasteiger partial charge in [-0.2, -0.15) is 0 Å². The molecule has 1 aliphatic rings. The zero-order valence-corrected chi connectivity index (χ0v) is 24.6. The van der Waals surface area contributed by atoms with Crippen molar-refractivity contribution in [2.75, 3.05) is 26.0 Å². The van der Waals surface area contributed by atoms with E-state index in [-0.39, 0.29) is 23.6 Å². The van der Waals surface area contributed by atoms with Crippen LogP contribution in [-0.2, 0) is 11.8 Å². The predicted molar refractivity (Wildman–Crippen MR) is 159 cm³/mol. The number of urea groups is 1. The Bertz CT molecular complexity index is 1490. The van der Waals surface area contributed by atoms with E-state index in [9.17, 15) is 4.79 Å². The van der Waals surface area contributed by atoms with Crippen LogP contribution in [0.5, 0.6) is 5.75 Å². The predicted octanol–water partition coefficient (Wildman–Crippen LogP) is 5.48. The van der Waals surface area contributed by atoms with Crippen molar-refractivity contribution in [2.24, 2.45) is 0 Å². The van der Waals surface area contributed by atoms with Crippen molar-refractivity contribution in [2.45, 2.75) is 70.4 Å². The van der Waals surface area contributed by atoms with Gasteiger partial charge in [-0.25, -0.2) is 14.8 Å². The molecule has 4 aromatic rings. The summed E-state index contributed by atoms with van der Waals surface area (Å²) in [6, 6.07) is 13.5. The third kappa shape index (κ3) is 7.00. The number of carbonyl (C=O) groups excluding carboxylic acids is 1. The first kappa shape index (κ1) is 28.5. The molecule has 0 radical (unpaired) electrons. The Morgan fingerprint density at radius 3 is 2.63 bits per heavy atom. The number of anilines is 1. The molecule has 0 aliphatic heterocycles. The highest BCUT2D eigenvalue weighted by atomic mass is 16.5. The SMILES string of the molecule is CN(C)CCCCc1nnc2ccc(O[C@@H]3CC[C@H](NC(=O)Nc4cc(C(C)(C)C)ncn4)c4ccccc43)cn12. The van der Waals surface area contributed by atoms with Crippen molar-refractivity contribution in [1.82, 2.24) is 34.8 Å². The van der Waals surface area contributed by atoms with E-state index in [1.165, 1.54) is 6.33 Å². The van der Waals surface area contributed by atoms with E-state index in [4.69, 9.17) is 4.74 Å². The van der Waals surface area contributed by atoms with Gasteiger partial charge in [0.15, 0.2) is 5.65 Å². The number of unbranched alkanes of at least 4 members (excludes halogenated alkanes) is 1. The Labute approximate surface area is 241 Å². The zero-order valence-electron chi connectivity index (χ0n) is 24.6. The third-order valence-corrected chi connectivity index (χ3v) is 7.40. The number of aryl methyl sites for hydroxylation is 1. The van der Waals surface area contributed by atoms with Crippen LogP contribution in [0.4, 0.5) is 10.6 Å². The minimum atomic E-state index is -0.293. The first-order valence-corrected chi connectivity index (χ1v) is 14.3. The molecule has 0 unspecified atom stereocenters. The number of hydrogen-bond acceptors (Lipinski definition) is 7. The molecular formula is C31H40N8O2. The Hall–Kier alpha value is -4.05. The standard InChI is InChI=1S/C31H40N8O2/c1-31(2,3)26-18-27(33-20-32-26)35-30(40)34-24-14-15-25(23-11-7-6-10-22(23)24)41-21-13-16-29-37-36-28(39(29)19-21)12-8-9-17-38(4)5/h6-7,10-11,13,16,18-20,24-25H,8-9,12,14-15,17H2,1-5H3,(H2,32,33,34,35,40)/t24-,25+/m0/s1. The molecule has 0 saturated heterocycles. The van der Waals surface area contributed by atoms with Crippen LogP contribution in [0.25, 0.3) is 5.65 Å². The van der Waals surface area contributed by atoms with Crippen LogP contribution in [0.15, 0.2) is 55.0 Å². The first-order valence-electron chi connectivity index (χ1n) is 14.3. The maximum atomic E-state index is 13.0. The molecule has 2 amide bonds. The lowest BCUT2D eigenvalue weighted by atomic mass is 9.85. The Morgan fingerprint density at radius 1 is 1.05 bits per heavy atom. The second-order valence-corrected chi connectivity index (χ2v) is 12.0. The number of amides is 2. The minimum absolute atomic E-state index is 0.124. The van der Waals surface area contributed by atoms with Gasteiger partial charge in [0.25, 0.3) is 0 Å². The minimum Gasteiger partial charge on any atom is -0.484 e. The first-order chi connectivity index (χ1) is 19.7. The van der Waals surface area contributed by atoms with Crippen molar-refractivity contribution >= 4 is 17.5 Å². The highest BCUT2D eigenvalue weighted by Crippen LogP contribution is 2.39. The van der Waals surface area contributed by atoms with E-state index in [1.54, 1.807) is 0 Å². The Kier molecular flexibility index (Phi) is 8.49. The number of ether oxygens (including phenoxy) is 1. The number of nitrogens with one attached hydrogen (secondary N) is 2. The number of carbonyl (C=O) groups is 1. The smallest absolute Gasteiger partial charge is 0.320 e. The summed E-state index contributed by atoms with van der Waals surface area (Å²) >= 11 is 0. The van der Waals surface area contributed by atoms with Crippen molar-refractivity contribution in [3.05, 3.63) is 77.6 Å². The van der Waals surface area contributed by atoms with Crippen molar-refractivity contribution in [3.63, 3.8) is 0 Å². The van der Waals surface area contributed by atoms with E-state index in [0.29, 0.717) is 5.82 Å². The van der Waals surface area contributed by atoms with Crippen LogP contribution in [0.1, 0.15) is 81.2 Å². The fourth-order valence-electron chi connectivity index (χ4n) is 5.20. The van der Waals surface area contributed by atoms with E-state index >= 15 is 0 Å². The van der Waals surface area contributed by atoms with Crippen molar-refractivity contribution < 1.29 is 9.53 Å². The fourth-order valence-corrected chi connectivity index (χ4v) is 5.20. The van der Waals surface area contributed by atoms with Gasteiger partial charge in [0.1, 0.15) is 29.8 Å². The molecular weight excluding hydrogens is 516 g/mol. The van der Waals surface area contributed by atoms with Crippen LogP contribution in [0, 0.1) is 0 Å². The molecule has 5 rings (SSSR count). The van der Waals surface area contributed by atoms with Gasteiger partial charge in [-0.1, -0.05) is 45.0 Å². The lowest BCUT2D eigenvalue weighted by molar-refractivity contribution is 0.171. The summed E-state index contributed by atoms with van der Waals surface area (Å²) in [5, 5.41) is 14.8. The van der Waals surface area contributed by atoms with Gasteiger partial charge in [0.2, 0.25) is 0 Å². The monoisotopic (exact) mass is 556 g/mol. The van der Waals surface area contributed by atoms with E-state index in [1.807, 2.05) is 40.9 Å². The van der Waals surface area contributed by atoms with Crippen LogP contribution < -0.4 is 15.4 Å². The van der Waals surface area contributed by atoms with Gasteiger partial charge in [-0.05, 0) is 69.6 Å². The Morgan fingerprint density at radius 2 is 1.85 bits per heavy atom. The lowest BCUT2D eigenvalue weighted by Crippen LogP contribution is -2.35. The average molecular weight is 557 g/mol. The number of rotatable bonds is 9. The number of hydrogen-bond donors (Lipinski definition) is 2. The normalized spacial score (nSPS) is 16.9. The molecule has 10 nitrogen and oxygen atoms in total. The third-order valence-electron chi connectivity index (χ3n) is 7.40. The van der Waals surface area contributed by atoms with Crippen LogP contribution in [0.2, 0.25) is 0 Å². The fraction of sp³-hybridized carbons (Fsp3) is 0.452. The average Bonchev–Trinajstić information content (AvgIpc) is 3.34. The molecule has 2 atom stereocenters. The van der Waals surface area contributed by atoms with Gasteiger partial charge < -0.3 is 15.0 Å². The maximum Gasteiger partial charge on any atom is 0.320 e. The van der Waals surface area contributed by atoms with Gasteiger partial charge in [-0.3, -0.25) is 9.72 Å². The molecule has 0 fully saturated rings. The summed E-state index contributed by atoms with van der Waals surface area (Å²) < 4.78 is 8.57. The van der Waals surface area contributed by atoms with Gasteiger partial charge in [0, 0.05) is 17.9 Å². The quantitative estimate of drug-likeness (QED) is 0.263. The van der Waals surface area contributed by atoms with E-state index in [2.05, 4.69) is 82.7 Å². The second-order valence-electron chi connectivity index (χ2n) is 12.0. The van der Waals surface area contributed by atoms with Gasteiger partial charge in [-0.15, -0.1) is 10.2 Å². The molecule has 0 bridgehead atoms. The second kappa shape index (κ2) is 12.2. The molecule has 3 aromatic heterocycles. The highest BCUT2D eigenvalue weighted by Gasteiger charge is 2.29. The molecule has 1 aliphatic carbocycles. The molecule has 1 aromatic carbocycles. The lowest BCUT2D eigenvalue weighted by Gasteiger charge is -2.32. The summed E-state index contributed by atoms with van der Waals surface area (Å²) in [5.74, 6) is 2.20. The summed E-state index contributed by atoms with van der Waals surface area (Å²) in [7, 11) is 4.18. The molecule has 0 spiro atoms. The van der Waals surface area contributed by atoms with Crippen molar-refractivity contribution in [3.8, 4) is 5.75 Å². The van der Waals surface area contributed by atoms with E-state index < -0.39 is 0 Å². The van der Waals surface area contributed by atoms with Gasteiger partial charge in [0.05, 0.1) is 17.9 Å². The molecule has 3 heterocycles. The molecule has 41 heavy (non-hydrogen) atoms. The van der Waals surface area contributed by atoms with Crippen molar-refractivity contribution in [1.29, 1.82) is 0 Å².